The van der Waals surface area contributed by atoms with Crippen LogP contribution in [0.5, 0.6) is 0 Å². The zero-order valence-corrected chi connectivity index (χ0v) is 7.45. The van der Waals surface area contributed by atoms with Gasteiger partial charge in [-0.1, -0.05) is 6.92 Å². The lowest BCUT2D eigenvalue weighted by molar-refractivity contribution is -0.170. The molecule has 1 heterocycles. The number of rotatable bonds is 1. The van der Waals surface area contributed by atoms with Crippen LogP contribution < -0.4 is 0 Å². The number of piperidine rings is 1. The van der Waals surface area contributed by atoms with Gasteiger partial charge in [-0.2, -0.15) is 0 Å². The van der Waals surface area contributed by atoms with Gasteiger partial charge in [0, 0.05) is 19.0 Å². The highest BCUT2D eigenvalue weighted by atomic mass is 16.4. The molecule has 0 spiro atoms. The first-order valence-electron chi connectivity index (χ1n) is 4.11. The fourth-order valence-electron chi connectivity index (χ4n) is 1.64. The topological polar surface area (TPSA) is 60.8 Å². The molecule has 4 heteroatoms. The normalized spacial score (nSPS) is 38.1. The predicted octanol–water partition coefficient (Wildman–Crippen LogP) is -0.226. The van der Waals surface area contributed by atoms with Gasteiger partial charge in [0.25, 0.3) is 0 Å². The van der Waals surface area contributed by atoms with E-state index in [1.807, 2.05) is 11.9 Å². The summed E-state index contributed by atoms with van der Waals surface area (Å²) < 4.78 is 0. The van der Waals surface area contributed by atoms with Crippen molar-refractivity contribution in [2.75, 3.05) is 20.1 Å². The molecule has 2 N–H and O–H groups in total. The summed E-state index contributed by atoms with van der Waals surface area (Å²) in [4.78, 5) is 12.8. The lowest BCUT2D eigenvalue weighted by Gasteiger charge is -2.38. The zero-order valence-electron chi connectivity index (χ0n) is 7.45. The Morgan fingerprint density at radius 1 is 1.67 bits per heavy atom. The summed E-state index contributed by atoms with van der Waals surface area (Å²) in [5.74, 6) is -1.29. The van der Waals surface area contributed by atoms with Crippen molar-refractivity contribution in [3.63, 3.8) is 0 Å². The van der Waals surface area contributed by atoms with Gasteiger partial charge in [-0.3, -0.25) is 0 Å². The molecular weight excluding hydrogens is 158 g/mol. The number of carboxylic acid groups (broad SMARTS) is 1. The maximum Gasteiger partial charge on any atom is 0.336 e. The smallest absolute Gasteiger partial charge is 0.336 e. The average molecular weight is 173 g/mol. The maximum absolute atomic E-state index is 10.7. The van der Waals surface area contributed by atoms with Crippen LogP contribution in [-0.2, 0) is 4.79 Å². The van der Waals surface area contributed by atoms with Crippen molar-refractivity contribution in [3.05, 3.63) is 0 Å². The molecular formula is C8H15NO3. The number of carboxylic acids is 1. The van der Waals surface area contributed by atoms with Crippen molar-refractivity contribution in [2.45, 2.75) is 18.9 Å². The molecule has 0 aromatic heterocycles. The zero-order chi connectivity index (χ0) is 9.35. The van der Waals surface area contributed by atoms with Crippen LogP contribution >= 0.6 is 0 Å². The Labute approximate surface area is 71.8 Å². The second-order valence-electron chi connectivity index (χ2n) is 3.64. The lowest BCUT2D eigenvalue weighted by atomic mass is 9.82. The van der Waals surface area contributed by atoms with Crippen molar-refractivity contribution < 1.29 is 15.0 Å². The van der Waals surface area contributed by atoms with Gasteiger partial charge in [0.1, 0.15) is 0 Å². The summed E-state index contributed by atoms with van der Waals surface area (Å²) >= 11 is 0. The van der Waals surface area contributed by atoms with E-state index in [1.165, 1.54) is 0 Å². The molecule has 1 aliphatic heterocycles. The Balaban J connectivity index is 2.72. The Hall–Kier alpha value is -0.610. The van der Waals surface area contributed by atoms with E-state index in [1.54, 1.807) is 6.92 Å². The van der Waals surface area contributed by atoms with Gasteiger partial charge < -0.3 is 15.1 Å². The molecule has 0 aromatic carbocycles. The van der Waals surface area contributed by atoms with Crippen molar-refractivity contribution in [2.24, 2.45) is 5.92 Å². The molecule has 12 heavy (non-hydrogen) atoms. The predicted molar refractivity (Wildman–Crippen MR) is 43.9 cm³/mol. The first-order valence-corrected chi connectivity index (χ1v) is 4.11. The molecule has 1 fully saturated rings. The first-order chi connectivity index (χ1) is 5.47. The maximum atomic E-state index is 10.7. The Bertz CT molecular complexity index is 195. The number of hydrogen-bond acceptors (Lipinski definition) is 3. The molecule has 1 saturated heterocycles. The van der Waals surface area contributed by atoms with E-state index >= 15 is 0 Å². The summed E-state index contributed by atoms with van der Waals surface area (Å²) in [7, 11) is 1.93. The molecule has 0 radical (unpaired) electrons. The molecule has 0 unspecified atom stereocenters. The third-order valence-electron chi connectivity index (χ3n) is 2.65. The van der Waals surface area contributed by atoms with Gasteiger partial charge >= 0.3 is 5.97 Å². The van der Waals surface area contributed by atoms with Crippen LogP contribution in [0.4, 0.5) is 0 Å². The molecule has 1 aliphatic rings. The average Bonchev–Trinajstić information content (AvgIpc) is 1.97. The molecule has 0 amide bonds. The van der Waals surface area contributed by atoms with E-state index in [2.05, 4.69) is 0 Å². The fraction of sp³-hybridized carbons (Fsp3) is 0.875. The number of carbonyl (C=O) groups is 1. The van der Waals surface area contributed by atoms with Crippen molar-refractivity contribution >= 4 is 5.97 Å². The standard InChI is InChI=1S/C8H15NO3/c1-6-5-9(2)4-3-8(6,12)7(10)11/h6,12H,3-5H2,1-2H3,(H,10,11)/t6-,8-/m0/s1. The van der Waals surface area contributed by atoms with E-state index in [-0.39, 0.29) is 5.92 Å². The number of hydrogen-bond donors (Lipinski definition) is 2. The SMILES string of the molecule is C[C@H]1CN(C)CC[C@@]1(O)C(=O)O. The Kier molecular flexibility index (Phi) is 2.39. The summed E-state index contributed by atoms with van der Waals surface area (Å²) in [6.45, 7) is 3.06. The van der Waals surface area contributed by atoms with E-state index in [0.717, 1.165) is 0 Å². The summed E-state index contributed by atoms with van der Waals surface area (Å²) in [5.41, 5.74) is -1.51. The highest BCUT2D eigenvalue weighted by Crippen LogP contribution is 2.27. The fourth-order valence-corrected chi connectivity index (χ4v) is 1.64. The highest BCUT2D eigenvalue weighted by molar-refractivity contribution is 5.77. The third kappa shape index (κ3) is 1.44. The molecule has 0 aromatic rings. The van der Waals surface area contributed by atoms with Crippen LogP contribution in [0.3, 0.4) is 0 Å². The number of likely N-dealkylation sites (tertiary alicyclic amines) is 1. The Morgan fingerprint density at radius 3 is 2.67 bits per heavy atom. The molecule has 4 nitrogen and oxygen atoms in total. The minimum absolute atomic E-state index is 0.200. The van der Waals surface area contributed by atoms with Gasteiger partial charge in [0.2, 0.25) is 0 Å². The van der Waals surface area contributed by atoms with Crippen LogP contribution in [0.25, 0.3) is 0 Å². The van der Waals surface area contributed by atoms with Crippen LogP contribution in [-0.4, -0.2) is 46.8 Å². The molecule has 0 bridgehead atoms. The van der Waals surface area contributed by atoms with Crippen LogP contribution in [0.2, 0.25) is 0 Å². The van der Waals surface area contributed by atoms with Gasteiger partial charge in [-0.05, 0) is 13.5 Å². The summed E-state index contributed by atoms with van der Waals surface area (Å²) in [6.07, 6.45) is 0.319. The number of nitrogens with zero attached hydrogens (tertiary/aromatic N) is 1. The summed E-state index contributed by atoms with van der Waals surface area (Å²) in [5, 5.41) is 18.5. The minimum Gasteiger partial charge on any atom is -0.479 e. The molecule has 70 valence electrons. The van der Waals surface area contributed by atoms with Crippen molar-refractivity contribution in [1.29, 1.82) is 0 Å². The second-order valence-corrected chi connectivity index (χ2v) is 3.64. The Morgan fingerprint density at radius 2 is 2.25 bits per heavy atom. The summed E-state index contributed by atoms with van der Waals surface area (Å²) in [6, 6.07) is 0. The second kappa shape index (κ2) is 3.03. The van der Waals surface area contributed by atoms with Crippen molar-refractivity contribution in [3.8, 4) is 0 Å². The van der Waals surface area contributed by atoms with E-state index in [0.29, 0.717) is 19.5 Å². The van der Waals surface area contributed by atoms with Crippen LogP contribution in [0.1, 0.15) is 13.3 Å². The highest BCUT2D eigenvalue weighted by Gasteiger charge is 2.44. The number of aliphatic hydroxyl groups is 1. The lowest BCUT2D eigenvalue weighted by Crippen LogP contribution is -2.54. The van der Waals surface area contributed by atoms with Crippen molar-refractivity contribution in [1.82, 2.24) is 4.90 Å². The van der Waals surface area contributed by atoms with Gasteiger partial charge in [-0.25, -0.2) is 4.79 Å². The van der Waals surface area contributed by atoms with E-state index < -0.39 is 11.6 Å². The van der Waals surface area contributed by atoms with Gasteiger partial charge in [-0.15, -0.1) is 0 Å². The number of aliphatic carboxylic acids is 1. The van der Waals surface area contributed by atoms with Crippen LogP contribution in [0.15, 0.2) is 0 Å². The molecule has 0 aliphatic carbocycles. The quantitative estimate of drug-likeness (QED) is 0.575. The van der Waals surface area contributed by atoms with Crippen LogP contribution in [0, 0.1) is 5.92 Å². The largest absolute Gasteiger partial charge is 0.479 e. The molecule has 1 rings (SSSR count). The monoisotopic (exact) mass is 173 g/mol. The van der Waals surface area contributed by atoms with Gasteiger partial charge in [0.15, 0.2) is 5.60 Å². The van der Waals surface area contributed by atoms with Gasteiger partial charge in [0.05, 0.1) is 0 Å². The van der Waals surface area contributed by atoms with E-state index in [4.69, 9.17) is 5.11 Å². The van der Waals surface area contributed by atoms with E-state index in [9.17, 15) is 9.90 Å². The minimum atomic E-state index is -1.51. The third-order valence-corrected chi connectivity index (χ3v) is 2.65. The molecule has 2 atom stereocenters. The first kappa shape index (κ1) is 9.48. The molecule has 0 saturated carbocycles.